The quantitative estimate of drug-likeness (QED) is 0.401. The Hall–Kier alpha value is -3.45. The first-order valence-corrected chi connectivity index (χ1v) is 12.3. The maximum absolute atomic E-state index is 13.0. The fourth-order valence-electron chi connectivity index (χ4n) is 4.19. The lowest BCUT2D eigenvalue weighted by atomic mass is 10.0. The van der Waals surface area contributed by atoms with Gasteiger partial charge in [0.25, 0.3) is 0 Å². The van der Waals surface area contributed by atoms with E-state index in [9.17, 15) is 17.6 Å². The Bertz CT molecular complexity index is 1430. The van der Waals surface area contributed by atoms with Crippen LogP contribution in [0.2, 0.25) is 0 Å². The average Bonchev–Trinajstić information content (AvgIpc) is 3.62. The van der Waals surface area contributed by atoms with Crippen LogP contribution in [0.3, 0.4) is 0 Å². The first-order valence-electron chi connectivity index (χ1n) is 10.7. The number of hydrogen-bond donors (Lipinski definition) is 0. The van der Waals surface area contributed by atoms with Crippen LogP contribution in [0.1, 0.15) is 29.2 Å². The average molecular weight is 461 g/mol. The molecule has 0 N–H and O–H groups in total. The number of carbonyl (C=O) groups excluding carboxylic acids is 1. The first-order chi connectivity index (χ1) is 15.9. The molecule has 7 heteroatoms. The van der Waals surface area contributed by atoms with Gasteiger partial charge in [-0.1, -0.05) is 30.3 Å². The number of benzene rings is 2. The molecule has 166 valence electrons. The van der Waals surface area contributed by atoms with E-state index in [1.54, 1.807) is 36.7 Å². The van der Waals surface area contributed by atoms with Crippen molar-refractivity contribution in [2.24, 2.45) is 5.92 Å². The van der Waals surface area contributed by atoms with Crippen molar-refractivity contribution in [2.45, 2.75) is 29.4 Å². The van der Waals surface area contributed by atoms with Gasteiger partial charge in [0.15, 0.2) is 9.84 Å². The molecule has 5 nitrogen and oxygen atoms in total. The number of nitrogens with zero attached hydrogens (tertiary/aromatic N) is 2. The molecule has 0 saturated heterocycles. The van der Waals surface area contributed by atoms with Crippen LogP contribution in [0.4, 0.5) is 4.39 Å². The van der Waals surface area contributed by atoms with Crippen LogP contribution in [0.25, 0.3) is 10.8 Å². The van der Waals surface area contributed by atoms with E-state index in [-0.39, 0.29) is 28.3 Å². The van der Waals surface area contributed by atoms with Gasteiger partial charge in [0.1, 0.15) is 11.6 Å². The van der Waals surface area contributed by atoms with E-state index >= 15 is 0 Å². The van der Waals surface area contributed by atoms with Gasteiger partial charge in [-0.3, -0.25) is 14.8 Å². The van der Waals surface area contributed by atoms with Crippen LogP contribution >= 0.6 is 0 Å². The van der Waals surface area contributed by atoms with Crippen molar-refractivity contribution < 1.29 is 17.6 Å². The van der Waals surface area contributed by atoms with Gasteiger partial charge < -0.3 is 0 Å². The number of aromatic nitrogens is 2. The minimum atomic E-state index is -3.59. The highest BCUT2D eigenvalue weighted by Crippen LogP contribution is 2.48. The van der Waals surface area contributed by atoms with Crippen molar-refractivity contribution in [3.05, 3.63) is 102 Å². The largest absolute Gasteiger partial charge is 0.299 e. The van der Waals surface area contributed by atoms with E-state index in [0.717, 1.165) is 34.5 Å². The third kappa shape index (κ3) is 4.68. The highest BCUT2D eigenvalue weighted by atomic mass is 32.2. The molecule has 1 saturated carbocycles. The fourth-order valence-corrected chi connectivity index (χ4v) is 5.46. The van der Waals surface area contributed by atoms with Crippen LogP contribution in [-0.4, -0.2) is 24.2 Å². The Balaban J connectivity index is 1.23. The Kier molecular flexibility index (Phi) is 5.50. The van der Waals surface area contributed by atoms with E-state index in [4.69, 9.17) is 0 Å². The molecule has 2 atom stereocenters. The Morgan fingerprint density at radius 3 is 2.55 bits per heavy atom. The molecule has 1 aliphatic carbocycles. The normalized spacial score (nSPS) is 17.7. The second-order valence-corrected chi connectivity index (χ2v) is 10.4. The third-order valence-corrected chi connectivity index (χ3v) is 7.75. The molecule has 0 amide bonds. The topological polar surface area (TPSA) is 77.0 Å². The van der Waals surface area contributed by atoms with E-state index < -0.39 is 15.7 Å². The van der Waals surface area contributed by atoms with Gasteiger partial charge in [0.05, 0.1) is 22.5 Å². The number of halogens is 1. The van der Waals surface area contributed by atoms with E-state index in [2.05, 4.69) is 9.97 Å². The molecule has 0 bridgehead atoms. The smallest absolute Gasteiger partial charge is 0.184 e. The zero-order chi connectivity index (χ0) is 23.0. The number of rotatable bonds is 7. The fraction of sp³-hybridized carbons (Fsp3) is 0.192. The van der Waals surface area contributed by atoms with E-state index in [1.165, 1.54) is 12.1 Å². The minimum Gasteiger partial charge on any atom is -0.299 e. The van der Waals surface area contributed by atoms with Crippen molar-refractivity contribution in [1.29, 1.82) is 0 Å². The molecule has 5 rings (SSSR count). The predicted octanol–water partition coefficient (Wildman–Crippen LogP) is 4.66. The highest BCUT2D eigenvalue weighted by molar-refractivity contribution is 7.90. The maximum atomic E-state index is 13.0. The second-order valence-electron chi connectivity index (χ2n) is 8.44. The molecule has 0 aliphatic heterocycles. The Morgan fingerprint density at radius 1 is 0.970 bits per heavy atom. The summed E-state index contributed by atoms with van der Waals surface area (Å²) in [6, 6.07) is 17.2. The van der Waals surface area contributed by atoms with E-state index in [0.29, 0.717) is 12.1 Å². The van der Waals surface area contributed by atoms with Crippen LogP contribution in [0, 0.1) is 11.7 Å². The van der Waals surface area contributed by atoms with Crippen molar-refractivity contribution in [3.8, 4) is 0 Å². The monoisotopic (exact) mass is 460 g/mol. The number of sulfone groups is 1. The number of Topliss-reactive ketones (excluding diaryl/α,β-unsaturated/α-hetero) is 1. The Morgan fingerprint density at radius 2 is 1.79 bits per heavy atom. The zero-order valence-corrected chi connectivity index (χ0v) is 18.5. The minimum absolute atomic E-state index is 0.0380. The van der Waals surface area contributed by atoms with Crippen molar-refractivity contribution >= 4 is 26.4 Å². The molecule has 4 aromatic rings. The van der Waals surface area contributed by atoms with Gasteiger partial charge in [0, 0.05) is 30.1 Å². The number of pyridine rings is 2. The zero-order valence-electron chi connectivity index (χ0n) is 17.7. The highest BCUT2D eigenvalue weighted by Gasteiger charge is 2.43. The molecular formula is C26H21FN2O3S. The summed E-state index contributed by atoms with van der Waals surface area (Å²) in [6.07, 6.45) is 5.72. The first kappa shape index (κ1) is 21.4. The van der Waals surface area contributed by atoms with Crippen molar-refractivity contribution in [1.82, 2.24) is 9.97 Å². The maximum Gasteiger partial charge on any atom is 0.184 e. The summed E-state index contributed by atoms with van der Waals surface area (Å²) in [6.45, 7) is 0. The van der Waals surface area contributed by atoms with Crippen LogP contribution in [-0.2, 0) is 26.8 Å². The van der Waals surface area contributed by atoms with Crippen molar-refractivity contribution in [2.75, 3.05) is 0 Å². The van der Waals surface area contributed by atoms with Crippen molar-refractivity contribution in [3.63, 3.8) is 0 Å². The summed E-state index contributed by atoms with van der Waals surface area (Å²) in [5.74, 6) is -0.514. The molecule has 2 heterocycles. The number of hydrogen-bond acceptors (Lipinski definition) is 5. The molecule has 0 radical (unpaired) electrons. The molecule has 1 fully saturated rings. The summed E-state index contributed by atoms with van der Waals surface area (Å²) in [5.41, 5.74) is 2.25. The third-order valence-electron chi connectivity index (χ3n) is 6.08. The molecule has 1 aliphatic rings. The standard InChI is InChI=1S/C26H21FN2O3S/c27-21-5-6-22(29-15-21)16-33(31,32)23-7-3-18(4-8-23)24-13-25(24)26(30)12-17-1-2-20-14-28-10-9-19(20)11-17/h1-11,14-15,24-25H,12-13,16H2. The van der Waals surface area contributed by atoms with Gasteiger partial charge in [-0.15, -0.1) is 0 Å². The van der Waals surface area contributed by atoms with E-state index in [1.807, 2.05) is 24.3 Å². The SMILES string of the molecule is O=C(Cc1ccc2cnccc2c1)C1CC1c1ccc(S(=O)(=O)Cc2ccc(F)cn2)cc1. The number of ketones is 1. The molecule has 33 heavy (non-hydrogen) atoms. The molecule has 0 spiro atoms. The molecular weight excluding hydrogens is 439 g/mol. The van der Waals surface area contributed by atoms with Gasteiger partial charge in [-0.2, -0.15) is 0 Å². The lowest BCUT2D eigenvalue weighted by Crippen LogP contribution is -2.07. The second kappa shape index (κ2) is 8.48. The van der Waals surface area contributed by atoms with Crippen LogP contribution in [0.5, 0.6) is 0 Å². The summed E-state index contributed by atoms with van der Waals surface area (Å²) in [5, 5.41) is 2.11. The molecule has 2 unspecified atom stereocenters. The van der Waals surface area contributed by atoms with Gasteiger partial charge in [0.2, 0.25) is 0 Å². The lowest BCUT2D eigenvalue weighted by molar-refractivity contribution is -0.119. The molecule has 2 aromatic heterocycles. The van der Waals surface area contributed by atoms with Gasteiger partial charge >= 0.3 is 0 Å². The lowest BCUT2D eigenvalue weighted by Gasteiger charge is -2.07. The van der Waals surface area contributed by atoms with Crippen LogP contribution < -0.4 is 0 Å². The van der Waals surface area contributed by atoms with Crippen LogP contribution in [0.15, 0.2) is 84.1 Å². The summed E-state index contributed by atoms with van der Waals surface area (Å²) in [4.78, 5) is 20.9. The molecule has 2 aromatic carbocycles. The van der Waals surface area contributed by atoms with Gasteiger partial charge in [-0.25, -0.2) is 12.8 Å². The summed E-state index contributed by atoms with van der Waals surface area (Å²) < 4.78 is 38.3. The Labute approximate surface area is 191 Å². The summed E-state index contributed by atoms with van der Waals surface area (Å²) >= 11 is 0. The number of fused-ring (bicyclic) bond motifs is 1. The predicted molar refractivity (Wildman–Crippen MR) is 123 cm³/mol. The summed E-state index contributed by atoms with van der Waals surface area (Å²) in [7, 11) is -3.59. The number of carbonyl (C=O) groups is 1. The van der Waals surface area contributed by atoms with Gasteiger partial charge in [-0.05, 0) is 59.2 Å².